The van der Waals surface area contributed by atoms with Gasteiger partial charge in [-0.25, -0.2) is 0 Å². The summed E-state index contributed by atoms with van der Waals surface area (Å²) in [5.41, 5.74) is 6.82. The summed E-state index contributed by atoms with van der Waals surface area (Å²) < 4.78 is 5.02. The van der Waals surface area contributed by atoms with Crippen LogP contribution in [-0.2, 0) is 4.74 Å². The van der Waals surface area contributed by atoms with E-state index in [4.69, 9.17) is 10.5 Å². The predicted octanol–water partition coefficient (Wildman–Crippen LogP) is 1.85. The van der Waals surface area contributed by atoms with Crippen molar-refractivity contribution >= 4 is 24.0 Å². The van der Waals surface area contributed by atoms with Gasteiger partial charge in [-0.3, -0.25) is 4.79 Å². The second-order valence-electron chi connectivity index (χ2n) is 3.66. The van der Waals surface area contributed by atoms with E-state index < -0.39 is 0 Å². The van der Waals surface area contributed by atoms with Crippen LogP contribution in [0.3, 0.4) is 0 Å². The molecule has 0 bridgehead atoms. The number of nitrogens with one attached hydrogen (secondary N) is 1. The highest BCUT2D eigenvalue weighted by molar-refractivity contribution is 5.94. The van der Waals surface area contributed by atoms with Gasteiger partial charge in [0.15, 0.2) is 0 Å². The van der Waals surface area contributed by atoms with Crippen LogP contribution in [0.2, 0.25) is 0 Å². The monoisotopic (exact) mass is 258 g/mol. The molecule has 0 aliphatic rings. The van der Waals surface area contributed by atoms with Crippen LogP contribution < -0.4 is 11.1 Å². The Morgan fingerprint density at radius 2 is 2.00 bits per heavy atom. The fourth-order valence-electron chi connectivity index (χ4n) is 1.37. The molecule has 0 spiro atoms. The first-order valence-electron chi connectivity index (χ1n) is 5.32. The van der Waals surface area contributed by atoms with Crippen molar-refractivity contribution in [1.82, 2.24) is 5.32 Å². The summed E-state index contributed by atoms with van der Waals surface area (Å²) in [4.78, 5) is 11.8. The Bertz CT molecular complexity index is 341. The number of carbonyl (C=O) groups excluding carboxylic acids is 1. The molecule has 1 aromatic carbocycles. The largest absolute Gasteiger partial charge is 0.399 e. The molecule has 0 fully saturated rings. The molecule has 1 aromatic rings. The SMILES string of the molecule is CCC(COC)NC(=O)c1ccc(N)cc1.Cl. The summed E-state index contributed by atoms with van der Waals surface area (Å²) in [6.45, 7) is 2.53. The summed E-state index contributed by atoms with van der Waals surface area (Å²) in [6.07, 6.45) is 0.842. The molecule has 0 aliphatic carbocycles. The molecule has 0 saturated heterocycles. The van der Waals surface area contributed by atoms with Crippen molar-refractivity contribution in [2.75, 3.05) is 19.5 Å². The number of rotatable bonds is 5. The molecule has 0 radical (unpaired) electrons. The molecule has 1 rings (SSSR count). The number of amides is 1. The molecule has 1 unspecified atom stereocenters. The van der Waals surface area contributed by atoms with E-state index in [2.05, 4.69) is 5.32 Å². The highest BCUT2D eigenvalue weighted by Crippen LogP contribution is 2.06. The topological polar surface area (TPSA) is 64.3 Å². The molecule has 17 heavy (non-hydrogen) atoms. The Labute approximate surface area is 108 Å². The number of hydrogen-bond acceptors (Lipinski definition) is 3. The van der Waals surface area contributed by atoms with Crippen molar-refractivity contribution in [3.63, 3.8) is 0 Å². The van der Waals surface area contributed by atoms with Gasteiger partial charge >= 0.3 is 0 Å². The van der Waals surface area contributed by atoms with E-state index in [0.29, 0.717) is 17.9 Å². The van der Waals surface area contributed by atoms with Crippen LogP contribution in [-0.4, -0.2) is 25.7 Å². The van der Waals surface area contributed by atoms with Crippen LogP contribution in [0, 0.1) is 0 Å². The lowest BCUT2D eigenvalue weighted by Gasteiger charge is -2.15. The standard InChI is InChI=1S/C12H18N2O2.ClH/c1-3-11(8-16-2)14-12(15)9-4-6-10(13)7-5-9;/h4-7,11H,3,8,13H2,1-2H3,(H,14,15);1H. The van der Waals surface area contributed by atoms with Crippen LogP contribution in [0.25, 0.3) is 0 Å². The van der Waals surface area contributed by atoms with Gasteiger partial charge in [-0.15, -0.1) is 12.4 Å². The van der Waals surface area contributed by atoms with Crippen LogP contribution >= 0.6 is 12.4 Å². The number of ether oxygens (including phenoxy) is 1. The first kappa shape index (κ1) is 15.7. The Balaban J connectivity index is 0.00000256. The zero-order valence-corrected chi connectivity index (χ0v) is 10.9. The molecule has 3 N–H and O–H groups in total. The molecule has 0 saturated carbocycles. The van der Waals surface area contributed by atoms with Crippen molar-refractivity contribution < 1.29 is 9.53 Å². The van der Waals surface area contributed by atoms with Crippen molar-refractivity contribution in [3.8, 4) is 0 Å². The molecule has 0 aromatic heterocycles. The second-order valence-corrected chi connectivity index (χ2v) is 3.66. The maximum Gasteiger partial charge on any atom is 0.251 e. The molecule has 5 heteroatoms. The predicted molar refractivity (Wildman–Crippen MR) is 71.5 cm³/mol. The number of halogens is 1. The normalized spacial score (nSPS) is 11.4. The lowest BCUT2D eigenvalue weighted by molar-refractivity contribution is 0.0894. The zero-order valence-electron chi connectivity index (χ0n) is 10.1. The van der Waals surface area contributed by atoms with Gasteiger partial charge in [0.1, 0.15) is 0 Å². The minimum absolute atomic E-state index is 0. The Morgan fingerprint density at radius 1 is 1.41 bits per heavy atom. The van der Waals surface area contributed by atoms with E-state index in [-0.39, 0.29) is 24.4 Å². The lowest BCUT2D eigenvalue weighted by atomic mass is 10.1. The van der Waals surface area contributed by atoms with Crippen LogP contribution in [0.4, 0.5) is 5.69 Å². The van der Waals surface area contributed by atoms with Crippen LogP contribution in [0.1, 0.15) is 23.7 Å². The number of hydrogen-bond donors (Lipinski definition) is 2. The molecular weight excluding hydrogens is 240 g/mol. The lowest BCUT2D eigenvalue weighted by Crippen LogP contribution is -2.37. The third kappa shape index (κ3) is 5.06. The average molecular weight is 259 g/mol. The van der Waals surface area contributed by atoms with E-state index >= 15 is 0 Å². The number of anilines is 1. The highest BCUT2D eigenvalue weighted by atomic mass is 35.5. The second kappa shape index (κ2) is 7.92. The van der Waals surface area contributed by atoms with Gasteiger partial charge in [0.2, 0.25) is 0 Å². The van der Waals surface area contributed by atoms with Gasteiger partial charge in [-0.05, 0) is 30.7 Å². The summed E-state index contributed by atoms with van der Waals surface area (Å²) >= 11 is 0. The Kier molecular flexibility index (Phi) is 7.34. The van der Waals surface area contributed by atoms with Crippen LogP contribution in [0.5, 0.6) is 0 Å². The van der Waals surface area contributed by atoms with Crippen LogP contribution in [0.15, 0.2) is 24.3 Å². The summed E-state index contributed by atoms with van der Waals surface area (Å²) in [7, 11) is 1.62. The smallest absolute Gasteiger partial charge is 0.251 e. The Hall–Kier alpha value is -1.26. The molecular formula is C12H19ClN2O2. The Morgan fingerprint density at radius 3 is 2.47 bits per heavy atom. The molecule has 4 nitrogen and oxygen atoms in total. The van der Waals surface area contributed by atoms with Gasteiger partial charge in [-0.1, -0.05) is 6.92 Å². The zero-order chi connectivity index (χ0) is 12.0. The van der Waals surface area contributed by atoms with Crippen molar-refractivity contribution in [2.45, 2.75) is 19.4 Å². The third-order valence-corrected chi connectivity index (χ3v) is 2.37. The quantitative estimate of drug-likeness (QED) is 0.793. The summed E-state index contributed by atoms with van der Waals surface area (Å²) in [5, 5.41) is 2.90. The van der Waals surface area contributed by atoms with Gasteiger partial charge in [-0.2, -0.15) is 0 Å². The molecule has 1 amide bonds. The fourth-order valence-corrected chi connectivity index (χ4v) is 1.37. The number of nitrogens with two attached hydrogens (primary N) is 1. The first-order chi connectivity index (χ1) is 7.67. The van der Waals surface area contributed by atoms with Crippen molar-refractivity contribution in [2.24, 2.45) is 0 Å². The molecule has 0 aliphatic heterocycles. The molecule has 0 heterocycles. The number of methoxy groups -OCH3 is 1. The van der Waals surface area contributed by atoms with Gasteiger partial charge in [0.05, 0.1) is 12.6 Å². The van der Waals surface area contributed by atoms with Gasteiger partial charge in [0.25, 0.3) is 5.91 Å². The van der Waals surface area contributed by atoms with E-state index in [9.17, 15) is 4.79 Å². The highest BCUT2D eigenvalue weighted by Gasteiger charge is 2.11. The third-order valence-electron chi connectivity index (χ3n) is 2.37. The van der Waals surface area contributed by atoms with E-state index in [1.54, 1.807) is 31.4 Å². The molecule has 96 valence electrons. The fraction of sp³-hybridized carbons (Fsp3) is 0.417. The van der Waals surface area contributed by atoms with E-state index in [0.717, 1.165) is 6.42 Å². The number of carbonyl (C=O) groups is 1. The maximum atomic E-state index is 11.8. The van der Waals surface area contributed by atoms with Gasteiger partial charge in [0, 0.05) is 18.4 Å². The number of benzene rings is 1. The minimum Gasteiger partial charge on any atom is -0.399 e. The van der Waals surface area contributed by atoms with E-state index in [1.807, 2.05) is 6.92 Å². The average Bonchev–Trinajstić information content (AvgIpc) is 2.29. The first-order valence-corrected chi connectivity index (χ1v) is 5.32. The maximum absolute atomic E-state index is 11.8. The molecule has 1 atom stereocenters. The van der Waals surface area contributed by atoms with E-state index in [1.165, 1.54) is 0 Å². The van der Waals surface area contributed by atoms with Gasteiger partial charge < -0.3 is 15.8 Å². The summed E-state index contributed by atoms with van der Waals surface area (Å²) in [5.74, 6) is -0.0936. The minimum atomic E-state index is -0.0936. The number of nitrogen functional groups attached to an aromatic ring is 1. The van der Waals surface area contributed by atoms with Crippen molar-refractivity contribution in [1.29, 1.82) is 0 Å². The van der Waals surface area contributed by atoms with Crippen molar-refractivity contribution in [3.05, 3.63) is 29.8 Å². The summed E-state index contributed by atoms with van der Waals surface area (Å²) in [6, 6.07) is 6.90.